The highest BCUT2D eigenvalue weighted by Gasteiger charge is 2.50. The van der Waals surface area contributed by atoms with Crippen LogP contribution in [0.25, 0.3) is 5.76 Å². The molecule has 6 heteroatoms. The molecule has 4 rings (SSSR count). The molecule has 2 heterocycles. The van der Waals surface area contributed by atoms with Crippen molar-refractivity contribution >= 4 is 17.4 Å². The number of furan rings is 1. The highest BCUT2D eigenvalue weighted by atomic mass is 16.5. The first-order valence-electron chi connectivity index (χ1n) is 10.6. The standard InChI is InChI=1S/C24H27NO5/c1-3-29-18-12-10-16(11-13-18)22(26)20-21(19-14-9-15(2)30-19)25(24(28)23(20)27)17-7-5-4-6-8-17/h9-14,17,21,26H,3-8H2,1-2H3/b22-20-. The summed E-state index contributed by atoms with van der Waals surface area (Å²) in [6.45, 7) is 4.25. The number of Topliss-reactive ketones (excluding diaryl/α,β-unsaturated/α-hetero) is 1. The minimum absolute atomic E-state index is 0.0313. The van der Waals surface area contributed by atoms with E-state index < -0.39 is 17.7 Å². The van der Waals surface area contributed by atoms with Gasteiger partial charge in [-0.2, -0.15) is 0 Å². The van der Waals surface area contributed by atoms with E-state index in [0.717, 1.165) is 32.1 Å². The number of carbonyl (C=O) groups excluding carboxylic acids is 2. The largest absolute Gasteiger partial charge is 0.507 e. The minimum Gasteiger partial charge on any atom is -0.507 e. The van der Waals surface area contributed by atoms with Gasteiger partial charge in [0.15, 0.2) is 0 Å². The summed E-state index contributed by atoms with van der Waals surface area (Å²) >= 11 is 0. The zero-order chi connectivity index (χ0) is 21.3. The Morgan fingerprint density at radius 2 is 1.80 bits per heavy atom. The first-order chi connectivity index (χ1) is 14.5. The lowest BCUT2D eigenvalue weighted by atomic mass is 9.92. The summed E-state index contributed by atoms with van der Waals surface area (Å²) in [5.74, 6) is 0.466. The molecule has 1 saturated carbocycles. The van der Waals surface area contributed by atoms with E-state index in [2.05, 4.69) is 0 Å². The van der Waals surface area contributed by atoms with E-state index in [1.54, 1.807) is 35.2 Å². The predicted molar refractivity (Wildman–Crippen MR) is 112 cm³/mol. The van der Waals surface area contributed by atoms with Gasteiger partial charge < -0.3 is 19.2 Å². The first kappa shape index (κ1) is 20.3. The summed E-state index contributed by atoms with van der Waals surface area (Å²) in [5.41, 5.74) is 0.553. The van der Waals surface area contributed by atoms with E-state index in [0.29, 0.717) is 29.4 Å². The molecule has 1 unspecified atom stereocenters. The van der Waals surface area contributed by atoms with Crippen LogP contribution in [0.2, 0.25) is 0 Å². The van der Waals surface area contributed by atoms with Crippen molar-refractivity contribution < 1.29 is 23.8 Å². The van der Waals surface area contributed by atoms with Gasteiger partial charge in [0, 0.05) is 11.6 Å². The fourth-order valence-electron chi connectivity index (χ4n) is 4.50. The van der Waals surface area contributed by atoms with Crippen LogP contribution in [0.3, 0.4) is 0 Å². The van der Waals surface area contributed by atoms with Gasteiger partial charge in [0.2, 0.25) is 0 Å². The normalized spacial score (nSPS) is 21.9. The molecule has 30 heavy (non-hydrogen) atoms. The lowest BCUT2D eigenvalue weighted by Crippen LogP contribution is -2.40. The summed E-state index contributed by atoms with van der Waals surface area (Å²) in [6.07, 6.45) is 4.89. The van der Waals surface area contributed by atoms with Gasteiger partial charge >= 0.3 is 0 Å². The third-order valence-corrected chi connectivity index (χ3v) is 5.92. The van der Waals surface area contributed by atoms with Crippen molar-refractivity contribution in [3.8, 4) is 5.75 Å². The number of carbonyl (C=O) groups is 2. The highest BCUT2D eigenvalue weighted by Crippen LogP contribution is 2.43. The number of ether oxygens (including phenoxy) is 1. The molecule has 2 aliphatic rings. The monoisotopic (exact) mass is 409 g/mol. The molecule has 1 atom stereocenters. The second kappa shape index (κ2) is 8.38. The fourth-order valence-corrected chi connectivity index (χ4v) is 4.50. The number of nitrogens with zero attached hydrogens (tertiary/aromatic N) is 1. The molecule has 0 spiro atoms. The molecule has 1 aromatic heterocycles. The van der Waals surface area contributed by atoms with E-state index in [-0.39, 0.29) is 17.4 Å². The van der Waals surface area contributed by atoms with Crippen LogP contribution < -0.4 is 4.74 Å². The van der Waals surface area contributed by atoms with E-state index >= 15 is 0 Å². The van der Waals surface area contributed by atoms with Gasteiger partial charge in [-0.15, -0.1) is 0 Å². The van der Waals surface area contributed by atoms with Crippen LogP contribution in [0.1, 0.15) is 62.2 Å². The first-order valence-corrected chi connectivity index (χ1v) is 10.6. The van der Waals surface area contributed by atoms with Crippen LogP contribution in [-0.2, 0) is 9.59 Å². The van der Waals surface area contributed by atoms with Crippen LogP contribution in [0.5, 0.6) is 5.75 Å². The number of aryl methyl sites for hydroxylation is 1. The van der Waals surface area contributed by atoms with Gasteiger partial charge in [-0.25, -0.2) is 0 Å². The molecule has 1 amide bonds. The Bertz CT molecular complexity index is 966. The van der Waals surface area contributed by atoms with E-state index in [4.69, 9.17) is 9.15 Å². The summed E-state index contributed by atoms with van der Waals surface area (Å²) in [4.78, 5) is 27.7. The van der Waals surface area contributed by atoms with Crippen molar-refractivity contribution in [1.82, 2.24) is 4.90 Å². The highest BCUT2D eigenvalue weighted by molar-refractivity contribution is 6.46. The summed E-state index contributed by atoms with van der Waals surface area (Å²) in [6, 6.07) is 9.71. The summed E-state index contributed by atoms with van der Waals surface area (Å²) in [5, 5.41) is 11.1. The van der Waals surface area contributed by atoms with Crippen molar-refractivity contribution in [2.24, 2.45) is 0 Å². The van der Waals surface area contributed by atoms with Crippen molar-refractivity contribution in [1.29, 1.82) is 0 Å². The lowest BCUT2D eigenvalue weighted by molar-refractivity contribution is -0.142. The molecular weight excluding hydrogens is 382 g/mol. The summed E-state index contributed by atoms with van der Waals surface area (Å²) < 4.78 is 11.3. The molecule has 158 valence electrons. The lowest BCUT2D eigenvalue weighted by Gasteiger charge is -2.34. The predicted octanol–water partition coefficient (Wildman–Crippen LogP) is 4.74. The number of aliphatic hydroxyl groups is 1. The van der Waals surface area contributed by atoms with E-state index in [9.17, 15) is 14.7 Å². The van der Waals surface area contributed by atoms with Crippen molar-refractivity contribution in [2.75, 3.05) is 6.61 Å². The minimum atomic E-state index is -0.714. The van der Waals surface area contributed by atoms with Crippen molar-refractivity contribution in [2.45, 2.75) is 58.0 Å². The Kier molecular flexibility index (Phi) is 5.66. The maximum Gasteiger partial charge on any atom is 0.296 e. The van der Waals surface area contributed by atoms with Crippen LogP contribution in [0.4, 0.5) is 0 Å². The smallest absolute Gasteiger partial charge is 0.296 e. The number of benzene rings is 1. The van der Waals surface area contributed by atoms with E-state index in [1.165, 1.54) is 0 Å². The molecule has 0 bridgehead atoms. The number of aliphatic hydroxyl groups excluding tert-OH is 1. The van der Waals surface area contributed by atoms with Crippen molar-refractivity contribution in [3.63, 3.8) is 0 Å². The Labute approximate surface area is 176 Å². The number of likely N-dealkylation sites (tertiary alicyclic amines) is 1. The van der Waals surface area contributed by atoms with Crippen LogP contribution in [0, 0.1) is 6.92 Å². The Morgan fingerprint density at radius 1 is 1.10 bits per heavy atom. The van der Waals surface area contributed by atoms with Gasteiger partial charge in [-0.05, 0) is 63.1 Å². The molecule has 6 nitrogen and oxygen atoms in total. The van der Waals surface area contributed by atoms with Gasteiger partial charge in [-0.1, -0.05) is 19.3 Å². The second-order valence-electron chi connectivity index (χ2n) is 7.90. The number of hydrogen-bond acceptors (Lipinski definition) is 5. The molecule has 2 aromatic rings. The number of hydrogen-bond donors (Lipinski definition) is 1. The maximum absolute atomic E-state index is 13.1. The molecule has 1 aliphatic heterocycles. The van der Waals surface area contributed by atoms with Gasteiger partial charge in [0.05, 0.1) is 12.2 Å². The molecule has 1 aliphatic carbocycles. The topological polar surface area (TPSA) is 80.0 Å². The number of amides is 1. The fraction of sp³-hybridized carbons (Fsp3) is 0.417. The van der Waals surface area contributed by atoms with Gasteiger partial charge in [-0.3, -0.25) is 9.59 Å². The zero-order valence-electron chi connectivity index (χ0n) is 17.4. The Balaban J connectivity index is 1.80. The van der Waals surface area contributed by atoms with Gasteiger partial charge in [0.25, 0.3) is 11.7 Å². The molecule has 1 aromatic carbocycles. The van der Waals surface area contributed by atoms with Crippen LogP contribution in [0.15, 0.2) is 46.4 Å². The number of ketones is 1. The average molecular weight is 409 g/mol. The Hall–Kier alpha value is -3.02. The molecule has 1 N–H and O–H groups in total. The third kappa shape index (κ3) is 3.62. The van der Waals surface area contributed by atoms with Crippen LogP contribution in [-0.4, -0.2) is 34.3 Å². The SMILES string of the molecule is CCOc1ccc(/C(O)=C2/C(=O)C(=O)N(C3CCCCC3)C2c2ccc(C)o2)cc1. The maximum atomic E-state index is 13.1. The molecular formula is C24H27NO5. The molecule has 0 radical (unpaired) electrons. The summed E-state index contributed by atoms with van der Waals surface area (Å²) in [7, 11) is 0. The third-order valence-electron chi connectivity index (χ3n) is 5.92. The average Bonchev–Trinajstić information content (AvgIpc) is 3.30. The number of rotatable bonds is 5. The molecule has 2 fully saturated rings. The van der Waals surface area contributed by atoms with Gasteiger partial charge in [0.1, 0.15) is 29.1 Å². The van der Waals surface area contributed by atoms with Crippen molar-refractivity contribution in [3.05, 3.63) is 59.1 Å². The van der Waals surface area contributed by atoms with Crippen LogP contribution >= 0.6 is 0 Å². The quantitative estimate of drug-likeness (QED) is 0.438. The Morgan fingerprint density at radius 3 is 2.40 bits per heavy atom. The molecule has 1 saturated heterocycles. The van der Waals surface area contributed by atoms with E-state index in [1.807, 2.05) is 19.9 Å². The second-order valence-corrected chi connectivity index (χ2v) is 7.90. The zero-order valence-corrected chi connectivity index (χ0v) is 17.4.